The maximum Gasteiger partial charge on any atom is 0.331 e. The van der Waals surface area contributed by atoms with Gasteiger partial charge < -0.3 is 15.4 Å². The Labute approximate surface area is 180 Å². The molecule has 0 aliphatic carbocycles. The van der Waals surface area contributed by atoms with E-state index in [1.807, 2.05) is 56.3 Å². The van der Waals surface area contributed by atoms with Gasteiger partial charge in [0.25, 0.3) is 5.91 Å². The predicted molar refractivity (Wildman–Crippen MR) is 119 cm³/mol. The van der Waals surface area contributed by atoms with Gasteiger partial charge in [0.15, 0.2) is 6.61 Å². The first-order valence-electron chi connectivity index (χ1n) is 9.76. The molecule has 7 heteroatoms. The van der Waals surface area contributed by atoms with E-state index in [9.17, 15) is 14.4 Å². The minimum absolute atomic E-state index is 0.222. The van der Waals surface area contributed by atoms with Crippen LogP contribution in [0, 0.1) is 13.8 Å². The lowest BCUT2D eigenvalue weighted by Crippen LogP contribution is -2.35. The summed E-state index contributed by atoms with van der Waals surface area (Å²) < 4.78 is 4.90. The number of pyridine rings is 1. The molecule has 0 fully saturated rings. The van der Waals surface area contributed by atoms with Crippen molar-refractivity contribution in [2.75, 3.05) is 18.5 Å². The van der Waals surface area contributed by atoms with Gasteiger partial charge in [0.1, 0.15) is 0 Å². The van der Waals surface area contributed by atoms with Crippen LogP contribution < -0.4 is 10.6 Å². The maximum atomic E-state index is 12.0. The van der Waals surface area contributed by atoms with Crippen molar-refractivity contribution in [3.8, 4) is 0 Å². The van der Waals surface area contributed by atoms with E-state index in [0.29, 0.717) is 11.4 Å². The average Bonchev–Trinajstić information content (AvgIpc) is 2.77. The van der Waals surface area contributed by atoms with Crippen molar-refractivity contribution in [1.82, 2.24) is 10.3 Å². The molecule has 0 aliphatic rings. The minimum atomic E-state index is -0.676. The topological polar surface area (TPSA) is 97.4 Å². The van der Waals surface area contributed by atoms with Crippen LogP contribution in [0.25, 0.3) is 17.0 Å². The fourth-order valence-electron chi connectivity index (χ4n) is 2.82. The van der Waals surface area contributed by atoms with Crippen molar-refractivity contribution in [2.45, 2.75) is 13.8 Å². The van der Waals surface area contributed by atoms with Gasteiger partial charge in [-0.2, -0.15) is 0 Å². The number of ether oxygens (including phenoxy) is 1. The van der Waals surface area contributed by atoms with E-state index >= 15 is 0 Å². The molecule has 0 aliphatic heterocycles. The Kier molecular flexibility index (Phi) is 7.11. The molecule has 7 nitrogen and oxygen atoms in total. The SMILES string of the molecule is Cc1cccc(NC(=O)CNC(=O)COC(=O)/C=C/c2ccc3ccccc3n2)c1C. The molecule has 0 saturated heterocycles. The van der Waals surface area contributed by atoms with Gasteiger partial charge in [0.05, 0.1) is 17.8 Å². The van der Waals surface area contributed by atoms with Crippen LogP contribution in [0.4, 0.5) is 5.69 Å². The molecule has 0 saturated carbocycles. The maximum absolute atomic E-state index is 12.0. The number of nitrogens with one attached hydrogen (secondary N) is 2. The quantitative estimate of drug-likeness (QED) is 0.455. The summed E-state index contributed by atoms with van der Waals surface area (Å²) in [7, 11) is 0. The number of aryl methyl sites for hydroxylation is 1. The predicted octanol–water partition coefficient (Wildman–Crippen LogP) is 3.16. The Morgan fingerprint density at radius 2 is 1.77 bits per heavy atom. The van der Waals surface area contributed by atoms with Crippen LogP contribution in [0.1, 0.15) is 16.8 Å². The highest BCUT2D eigenvalue weighted by Crippen LogP contribution is 2.17. The second-order valence-electron chi connectivity index (χ2n) is 6.94. The molecule has 3 rings (SSSR count). The number of aromatic nitrogens is 1. The van der Waals surface area contributed by atoms with Gasteiger partial charge in [0, 0.05) is 17.1 Å². The van der Waals surface area contributed by atoms with E-state index in [-0.39, 0.29) is 12.5 Å². The highest BCUT2D eigenvalue weighted by molar-refractivity contribution is 5.96. The number of fused-ring (bicyclic) bond motifs is 1. The number of benzene rings is 2. The normalized spacial score (nSPS) is 10.8. The summed E-state index contributed by atoms with van der Waals surface area (Å²) in [5.74, 6) is -1.61. The Bertz CT molecular complexity index is 1150. The Morgan fingerprint density at radius 1 is 0.968 bits per heavy atom. The number of rotatable bonds is 7. The summed E-state index contributed by atoms with van der Waals surface area (Å²) in [5, 5.41) is 6.16. The van der Waals surface area contributed by atoms with Crippen LogP contribution >= 0.6 is 0 Å². The first-order chi connectivity index (χ1) is 14.9. The summed E-state index contributed by atoms with van der Waals surface area (Å²) in [4.78, 5) is 40.1. The van der Waals surface area contributed by atoms with E-state index in [0.717, 1.165) is 22.0 Å². The fourth-order valence-corrected chi connectivity index (χ4v) is 2.82. The Morgan fingerprint density at radius 3 is 2.61 bits per heavy atom. The third-order valence-corrected chi connectivity index (χ3v) is 4.68. The summed E-state index contributed by atoms with van der Waals surface area (Å²) >= 11 is 0. The van der Waals surface area contributed by atoms with Gasteiger partial charge in [-0.15, -0.1) is 0 Å². The van der Waals surface area contributed by atoms with Gasteiger partial charge >= 0.3 is 5.97 Å². The summed E-state index contributed by atoms with van der Waals surface area (Å²) in [6.07, 6.45) is 2.72. The molecular formula is C24H23N3O4. The van der Waals surface area contributed by atoms with Gasteiger partial charge in [-0.05, 0) is 49.2 Å². The fraction of sp³-hybridized carbons (Fsp3) is 0.167. The summed E-state index contributed by atoms with van der Waals surface area (Å²) in [6, 6.07) is 16.9. The van der Waals surface area contributed by atoms with Crippen molar-refractivity contribution < 1.29 is 19.1 Å². The molecule has 31 heavy (non-hydrogen) atoms. The number of anilines is 1. The Balaban J connectivity index is 1.42. The van der Waals surface area contributed by atoms with Crippen LogP contribution in [0.5, 0.6) is 0 Å². The van der Waals surface area contributed by atoms with E-state index < -0.39 is 18.5 Å². The van der Waals surface area contributed by atoms with Gasteiger partial charge in [-0.1, -0.05) is 36.4 Å². The average molecular weight is 417 g/mol. The van der Waals surface area contributed by atoms with Crippen LogP contribution in [-0.2, 0) is 19.1 Å². The standard InChI is InChI=1S/C24H23N3O4/c1-16-6-5-9-20(17(16)2)27-22(28)14-25-23(29)15-31-24(30)13-12-19-11-10-18-7-3-4-8-21(18)26-19/h3-13H,14-15H2,1-2H3,(H,25,29)(H,27,28)/b13-12+. The lowest BCUT2D eigenvalue weighted by molar-refractivity contribution is -0.143. The van der Waals surface area contributed by atoms with E-state index in [4.69, 9.17) is 4.74 Å². The van der Waals surface area contributed by atoms with Gasteiger partial charge in [-0.25, -0.2) is 9.78 Å². The van der Waals surface area contributed by atoms with Crippen molar-refractivity contribution in [3.05, 3.63) is 77.5 Å². The molecule has 0 atom stereocenters. The molecule has 0 spiro atoms. The molecule has 0 radical (unpaired) electrons. The number of carbonyl (C=O) groups is 3. The number of amides is 2. The number of carbonyl (C=O) groups excluding carboxylic acids is 3. The molecule has 2 amide bonds. The van der Waals surface area contributed by atoms with Crippen molar-refractivity contribution >= 4 is 40.4 Å². The molecule has 0 unspecified atom stereocenters. The first-order valence-corrected chi connectivity index (χ1v) is 9.76. The first kappa shape index (κ1) is 21.7. The van der Waals surface area contributed by atoms with E-state index in [2.05, 4.69) is 15.6 Å². The lowest BCUT2D eigenvalue weighted by atomic mass is 10.1. The van der Waals surface area contributed by atoms with E-state index in [1.165, 1.54) is 12.2 Å². The van der Waals surface area contributed by atoms with Crippen LogP contribution in [-0.4, -0.2) is 35.9 Å². The number of hydrogen-bond acceptors (Lipinski definition) is 5. The highest BCUT2D eigenvalue weighted by Gasteiger charge is 2.09. The Hall–Kier alpha value is -4.00. The monoisotopic (exact) mass is 417 g/mol. The molecule has 158 valence electrons. The number of hydrogen-bond donors (Lipinski definition) is 2. The zero-order valence-corrected chi connectivity index (χ0v) is 17.3. The smallest absolute Gasteiger partial charge is 0.331 e. The highest BCUT2D eigenvalue weighted by atomic mass is 16.5. The summed E-state index contributed by atoms with van der Waals surface area (Å²) in [5.41, 5.74) is 4.13. The molecule has 1 heterocycles. The third-order valence-electron chi connectivity index (χ3n) is 4.68. The van der Waals surface area contributed by atoms with Crippen molar-refractivity contribution in [3.63, 3.8) is 0 Å². The van der Waals surface area contributed by atoms with Crippen molar-refractivity contribution in [2.24, 2.45) is 0 Å². The van der Waals surface area contributed by atoms with Crippen molar-refractivity contribution in [1.29, 1.82) is 0 Å². The molecular weight excluding hydrogens is 394 g/mol. The molecule has 0 bridgehead atoms. The zero-order valence-electron chi connectivity index (χ0n) is 17.3. The lowest BCUT2D eigenvalue weighted by Gasteiger charge is -2.11. The molecule has 3 aromatic rings. The molecule has 2 aromatic carbocycles. The second kappa shape index (κ2) is 10.2. The van der Waals surface area contributed by atoms with Crippen LogP contribution in [0.2, 0.25) is 0 Å². The minimum Gasteiger partial charge on any atom is -0.452 e. The number of esters is 1. The second-order valence-corrected chi connectivity index (χ2v) is 6.94. The zero-order chi connectivity index (χ0) is 22.2. The van der Waals surface area contributed by atoms with Gasteiger partial charge in [0.2, 0.25) is 5.91 Å². The number of para-hydroxylation sites is 1. The molecule has 2 N–H and O–H groups in total. The molecule has 1 aromatic heterocycles. The third kappa shape index (κ3) is 6.24. The summed E-state index contributed by atoms with van der Waals surface area (Å²) in [6.45, 7) is 3.15. The van der Waals surface area contributed by atoms with E-state index in [1.54, 1.807) is 12.1 Å². The van der Waals surface area contributed by atoms with Crippen LogP contribution in [0.15, 0.2) is 60.7 Å². The van der Waals surface area contributed by atoms with Crippen LogP contribution in [0.3, 0.4) is 0 Å². The largest absolute Gasteiger partial charge is 0.452 e. The van der Waals surface area contributed by atoms with Gasteiger partial charge in [-0.3, -0.25) is 9.59 Å². The number of nitrogens with zero attached hydrogens (tertiary/aromatic N) is 1.